The molecule has 1 aliphatic heterocycles. The summed E-state index contributed by atoms with van der Waals surface area (Å²) in [4.78, 5) is 0. The number of nitrogens with one attached hydrogen (secondary N) is 1. The Labute approximate surface area is 128 Å². The number of rotatable bonds is 6. The molecule has 0 aromatic heterocycles. The SMILES string of the molecule is CCCNC(C)Cc1ccc2c(c1)CC(C)N2S(C)(=O)=O. The minimum atomic E-state index is -3.19. The fraction of sp³-hybridized carbons (Fsp3) is 0.625. The van der Waals surface area contributed by atoms with E-state index in [9.17, 15) is 8.42 Å². The van der Waals surface area contributed by atoms with E-state index in [1.807, 2.05) is 13.0 Å². The van der Waals surface area contributed by atoms with Gasteiger partial charge in [0.2, 0.25) is 10.0 Å². The first-order valence-corrected chi connectivity index (χ1v) is 9.52. The molecule has 118 valence electrons. The summed E-state index contributed by atoms with van der Waals surface area (Å²) >= 11 is 0. The first-order valence-electron chi connectivity index (χ1n) is 7.67. The van der Waals surface area contributed by atoms with E-state index in [4.69, 9.17) is 0 Å². The Morgan fingerprint density at radius 1 is 1.43 bits per heavy atom. The van der Waals surface area contributed by atoms with Crippen molar-refractivity contribution in [3.8, 4) is 0 Å². The first kappa shape index (κ1) is 16.3. The van der Waals surface area contributed by atoms with Crippen LogP contribution in [0.3, 0.4) is 0 Å². The summed E-state index contributed by atoms with van der Waals surface area (Å²) < 4.78 is 25.4. The molecule has 1 aromatic carbocycles. The maximum atomic E-state index is 11.9. The third kappa shape index (κ3) is 3.77. The van der Waals surface area contributed by atoms with Gasteiger partial charge in [0, 0.05) is 12.1 Å². The summed E-state index contributed by atoms with van der Waals surface area (Å²) in [6, 6.07) is 6.64. The van der Waals surface area contributed by atoms with Gasteiger partial charge in [0.15, 0.2) is 0 Å². The second kappa shape index (κ2) is 6.36. The lowest BCUT2D eigenvalue weighted by Gasteiger charge is -2.22. The van der Waals surface area contributed by atoms with Crippen LogP contribution >= 0.6 is 0 Å². The van der Waals surface area contributed by atoms with Crippen molar-refractivity contribution in [1.29, 1.82) is 0 Å². The summed E-state index contributed by atoms with van der Waals surface area (Å²) in [6.07, 6.45) is 4.19. The predicted octanol–water partition coefficient (Wildman–Crippen LogP) is 2.33. The molecule has 5 heteroatoms. The lowest BCUT2D eigenvalue weighted by molar-refractivity contribution is 0.543. The fourth-order valence-electron chi connectivity index (χ4n) is 3.10. The Morgan fingerprint density at radius 2 is 2.14 bits per heavy atom. The Kier molecular flexibility index (Phi) is 4.94. The lowest BCUT2D eigenvalue weighted by Crippen LogP contribution is -2.34. The minimum absolute atomic E-state index is 0.0147. The number of sulfonamides is 1. The molecule has 0 bridgehead atoms. The normalized spacial score (nSPS) is 19.6. The van der Waals surface area contributed by atoms with Crippen LogP contribution in [0.4, 0.5) is 5.69 Å². The maximum absolute atomic E-state index is 11.9. The Hall–Kier alpha value is -1.07. The lowest BCUT2D eigenvalue weighted by atomic mass is 10.0. The molecule has 0 saturated carbocycles. The van der Waals surface area contributed by atoms with Gasteiger partial charge in [0.1, 0.15) is 0 Å². The largest absolute Gasteiger partial charge is 0.314 e. The van der Waals surface area contributed by atoms with Crippen molar-refractivity contribution >= 4 is 15.7 Å². The summed E-state index contributed by atoms with van der Waals surface area (Å²) in [5, 5.41) is 3.48. The highest BCUT2D eigenvalue weighted by atomic mass is 32.2. The molecule has 4 nitrogen and oxygen atoms in total. The van der Waals surface area contributed by atoms with Crippen LogP contribution in [0.2, 0.25) is 0 Å². The number of benzene rings is 1. The highest BCUT2D eigenvalue weighted by molar-refractivity contribution is 7.92. The maximum Gasteiger partial charge on any atom is 0.232 e. The Morgan fingerprint density at radius 3 is 2.76 bits per heavy atom. The topological polar surface area (TPSA) is 49.4 Å². The first-order chi connectivity index (χ1) is 9.82. The van der Waals surface area contributed by atoms with Gasteiger partial charge in [-0.3, -0.25) is 4.31 Å². The van der Waals surface area contributed by atoms with Crippen LogP contribution in [0.25, 0.3) is 0 Å². The summed E-state index contributed by atoms with van der Waals surface area (Å²) in [6.45, 7) is 7.35. The van der Waals surface area contributed by atoms with E-state index in [2.05, 4.69) is 31.3 Å². The predicted molar refractivity (Wildman–Crippen MR) is 88.4 cm³/mol. The van der Waals surface area contributed by atoms with Gasteiger partial charge in [-0.05, 0) is 56.8 Å². The molecule has 2 atom stereocenters. The number of hydrogen-bond acceptors (Lipinski definition) is 3. The summed E-state index contributed by atoms with van der Waals surface area (Å²) in [5.74, 6) is 0. The number of fused-ring (bicyclic) bond motifs is 1. The van der Waals surface area contributed by atoms with Crippen LogP contribution in [-0.2, 0) is 22.9 Å². The molecule has 2 unspecified atom stereocenters. The van der Waals surface area contributed by atoms with Gasteiger partial charge in [-0.25, -0.2) is 8.42 Å². The van der Waals surface area contributed by atoms with Crippen molar-refractivity contribution in [1.82, 2.24) is 5.32 Å². The highest BCUT2D eigenvalue weighted by Crippen LogP contribution is 2.34. The molecular weight excluding hydrogens is 284 g/mol. The van der Waals surface area contributed by atoms with E-state index in [0.717, 1.165) is 37.1 Å². The third-order valence-electron chi connectivity index (χ3n) is 3.94. The third-order valence-corrected chi connectivity index (χ3v) is 5.21. The number of anilines is 1. The minimum Gasteiger partial charge on any atom is -0.314 e. The molecule has 2 rings (SSSR count). The highest BCUT2D eigenvalue weighted by Gasteiger charge is 2.32. The zero-order valence-electron chi connectivity index (χ0n) is 13.4. The van der Waals surface area contributed by atoms with E-state index in [-0.39, 0.29) is 6.04 Å². The fourth-order valence-corrected chi connectivity index (χ4v) is 4.37. The van der Waals surface area contributed by atoms with Crippen LogP contribution in [0.1, 0.15) is 38.3 Å². The Bertz CT molecular complexity index is 598. The molecule has 0 saturated heterocycles. The number of nitrogens with zero attached hydrogens (tertiary/aromatic N) is 1. The van der Waals surface area contributed by atoms with E-state index in [1.54, 1.807) is 4.31 Å². The zero-order valence-corrected chi connectivity index (χ0v) is 14.2. The smallest absolute Gasteiger partial charge is 0.232 e. The molecule has 21 heavy (non-hydrogen) atoms. The Balaban J connectivity index is 2.17. The molecule has 1 aromatic rings. The van der Waals surface area contributed by atoms with Crippen LogP contribution in [0.15, 0.2) is 18.2 Å². The van der Waals surface area contributed by atoms with Crippen molar-refractivity contribution in [2.45, 2.75) is 52.1 Å². The van der Waals surface area contributed by atoms with Gasteiger partial charge in [-0.2, -0.15) is 0 Å². The van der Waals surface area contributed by atoms with Gasteiger partial charge in [0.05, 0.1) is 11.9 Å². The van der Waals surface area contributed by atoms with Crippen LogP contribution in [-0.4, -0.2) is 33.3 Å². The second-order valence-corrected chi connectivity index (χ2v) is 7.99. The van der Waals surface area contributed by atoms with Gasteiger partial charge < -0.3 is 5.32 Å². The van der Waals surface area contributed by atoms with Crippen LogP contribution in [0.5, 0.6) is 0 Å². The molecule has 1 aliphatic rings. The zero-order chi connectivity index (χ0) is 15.6. The molecule has 0 radical (unpaired) electrons. The van der Waals surface area contributed by atoms with Gasteiger partial charge in [-0.15, -0.1) is 0 Å². The molecule has 0 fully saturated rings. The quantitative estimate of drug-likeness (QED) is 0.877. The van der Waals surface area contributed by atoms with Crippen molar-refractivity contribution < 1.29 is 8.42 Å². The van der Waals surface area contributed by atoms with Crippen molar-refractivity contribution in [3.63, 3.8) is 0 Å². The summed E-state index contributed by atoms with van der Waals surface area (Å²) in [7, 11) is -3.19. The molecule has 1 N–H and O–H groups in total. The van der Waals surface area contributed by atoms with E-state index >= 15 is 0 Å². The molecule has 0 spiro atoms. The average molecular weight is 310 g/mol. The van der Waals surface area contributed by atoms with Crippen molar-refractivity contribution in [2.24, 2.45) is 0 Å². The van der Waals surface area contributed by atoms with E-state index in [0.29, 0.717) is 6.04 Å². The standard InChI is InChI=1S/C16H26N2O2S/c1-5-8-17-12(2)9-14-6-7-16-15(11-14)10-13(3)18(16)21(4,19)20/h6-7,11-13,17H,5,8-10H2,1-4H3. The van der Waals surface area contributed by atoms with Gasteiger partial charge >= 0.3 is 0 Å². The van der Waals surface area contributed by atoms with Crippen LogP contribution in [0, 0.1) is 0 Å². The molecule has 0 aliphatic carbocycles. The number of hydrogen-bond donors (Lipinski definition) is 1. The van der Waals surface area contributed by atoms with E-state index < -0.39 is 10.0 Å². The van der Waals surface area contributed by atoms with Crippen molar-refractivity contribution in [3.05, 3.63) is 29.3 Å². The summed E-state index contributed by atoms with van der Waals surface area (Å²) in [5.41, 5.74) is 3.27. The molecule has 1 heterocycles. The average Bonchev–Trinajstić information content (AvgIpc) is 2.71. The van der Waals surface area contributed by atoms with Crippen molar-refractivity contribution in [2.75, 3.05) is 17.1 Å². The van der Waals surface area contributed by atoms with Gasteiger partial charge in [-0.1, -0.05) is 19.1 Å². The van der Waals surface area contributed by atoms with Gasteiger partial charge in [0.25, 0.3) is 0 Å². The van der Waals surface area contributed by atoms with E-state index in [1.165, 1.54) is 11.8 Å². The molecular formula is C16H26N2O2S. The molecule has 0 amide bonds. The second-order valence-electron chi connectivity index (χ2n) is 6.13. The monoisotopic (exact) mass is 310 g/mol. The van der Waals surface area contributed by atoms with Crippen LogP contribution < -0.4 is 9.62 Å².